The number of H-pyrrole nitrogens is 1. The summed E-state index contributed by atoms with van der Waals surface area (Å²) in [5.74, 6) is 2.25. The van der Waals surface area contributed by atoms with Crippen molar-refractivity contribution in [3.05, 3.63) is 78.6 Å². The highest BCUT2D eigenvalue weighted by molar-refractivity contribution is 5.35. The van der Waals surface area contributed by atoms with E-state index in [1.165, 1.54) is 0 Å². The molecule has 0 saturated carbocycles. The summed E-state index contributed by atoms with van der Waals surface area (Å²) in [5.41, 5.74) is 0.817. The van der Waals surface area contributed by atoms with Gasteiger partial charge in [-0.2, -0.15) is 0 Å². The Kier molecular flexibility index (Phi) is 5.64. The molecule has 0 aliphatic heterocycles. The standard InChI is InChI=1S/C22H25NO3/c1-22(2,15-17-7-6-14-23-17)21(24)16-25-18-10-12-20(13-11-18)26-19-8-4-3-5-9-19/h3-14,21,23-24H,15-16H2,1-2H3. The average Bonchev–Trinajstić information content (AvgIpc) is 3.14. The minimum atomic E-state index is -0.578. The molecule has 1 heterocycles. The van der Waals surface area contributed by atoms with Crippen LogP contribution < -0.4 is 9.47 Å². The van der Waals surface area contributed by atoms with Gasteiger partial charge in [0.05, 0.1) is 6.10 Å². The lowest BCUT2D eigenvalue weighted by Gasteiger charge is -2.30. The summed E-state index contributed by atoms with van der Waals surface area (Å²) >= 11 is 0. The second-order valence-electron chi connectivity index (χ2n) is 7.07. The van der Waals surface area contributed by atoms with Crippen molar-refractivity contribution >= 4 is 0 Å². The predicted octanol–water partition coefficient (Wildman–Crippen LogP) is 4.82. The minimum Gasteiger partial charge on any atom is -0.491 e. The Bertz CT molecular complexity index is 780. The Morgan fingerprint density at radius 1 is 0.885 bits per heavy atom. The van der Waals surface area contributed by atoms with Gasteiger partial charge >= 0.3 is 0 Å². The molecule has 1 unspecified atom stereocenters. The number of ether oxygens (including phenoxy) is 2. The van der Waals surface area contributed by atoms with Gasteiger partial charge in [-0.25, -0.2) is 0 Å². The monoisotopic (exact) mass is 351 g/mol. The molecule has 0 radical (unpaired) electrons. The largest absolute Gasteiger partial charge is 0.491 e. The lowest BCUT2D eigenvalue weighted by atomic mass is 9.82. The number of rotatable bonds is 8. The Labute approximate surface area is 154 Å². The lowest BCUT2D eigenvalue weighted by Crippen LogP contribution is -2.36. The molecule has 4 nitrogen and oxygen atoms in total. The van der Waals surface area contributed by atoms with Gasteiger partial charge in [0, 0.05) is 11.9 Å². The Morgan fingerprint density at radius 2 is 1.54 bits per heavy atom. The van der Waals surface area contributed by atoms with E-state index in [0.717, 1.165) is 23.6 Å². The van der Waals surface area contributed by atoms with Crippen LogP contribution in [-0.2, 0) is 6.42 Å². The third-order valence-corrected chi connectivity index (χ3v) is 4.42. The first-order valence-corrected chi connectivity index (χ1v) is 8.79. The van der Waals surface area contributed by atoms with Crippen molar-refractivity contribution in [1.29, 1.82) is 0 Å². The normalized spacial score (nSPS) is 12.6. The van der Waals surface area contributed by atoms with Crippen LogP contribution in [0.25, 0.3) is 0 Å². The molecular formula is C22H25NO3. The van der Waals surface area contributed by atoms with Crippen LogP contribution in [0.1, 0.15) is 19.5 Å². The van der Waals surface area contributed by atoms with Gasteiger partial charge in [-0.3, -0.25) is 0 Å². The van der Waals surface area contributed by atoms with E-state index in [-0.39, 0.29) is 12.0 Å². The summed E-state index contributed by atoms with van der Waals surface area (Å²) in [5, 5.41) is 10.5. The molecule has 2 aromatic carbocycles. The molecule has 1 aromatic heterocycles. The van der Waals surface area contributed by atoms with Crippen molar-refractivity contribution in [2.45, 2.75) is 26.4 Å². The first kappa shape index (κ1) is 18.1. The second kappa shape index (κ2) is 8.11. The zero-order chi connectivity index (χ0) is 18.4. The highest BCUT2D eigenvalue weighted by Gasteiger charge is 2.29. The smallest absolute Gasteiger partial charge is 0.127 e. The van der Waals surface area contributed by atoms with Gasteiger partial charge in [0.1, 0.15) is 23.9 Å². The summed E-state index contributed by atoms with van der Waals surface area (Å²) < 4.78 is 11.5. The van der Waals surface area contributed by atoms with Crippen molar-refractivity contribution in [3.8, 4) is 17.2 Å². The van der Waals surface area contributed by atoms with Crippen molar-refractivity contribution in [3.63, 3.8) is 0 Å². The van der Waals surface area contributed by atoms with E-state index in [9.17, 15) is 5.11 Å². The quantitative estimate of drug-likeness (QED) is 0.612. The molecule has 1 atom stereocenters. The molecule has 0 amide bonds. The number of aliphatic hydroxyl groups is 1. The van der Waals surface area contributed by atoms with E-state index >= 15 is 0 Å². The Hall–Kier alpha value is -2.72. The molecule has 0 saturated heterocycles. The van der Waals surface area contributed by atoms with Gasteiger partial charge in [0.15, 0.2) is 0 Å². The summed E-state index contributed by atoms with van der Waals surface area (Å²) in [6.45, 7) is 4.32. The number of para-hydroxylation sites is 1. The summed E-state index contributed by atoms with van der Waals surface area (Å²) in [6.07, 6.45) is 2.08. The van der Waals surface area contributed by atoms with Gasteiger partial charge in [0.25, 0.3) is 0 Å². The molecule has 0 aliphatic rings. The number of aliphatic hydroxyl groups excluding tert-OH is 1. The van der Waals surface area contributed by atoms with Gasteiger partial charge in [-0.05, 0) is 60.4 Å². The summed E-state index contributed by atoms with van der Waals surface area (Å²) in [4.78, 5) is 3.18. The Morgan fingerprint density at radius 3 is 2.19 bits per heavy atom. The molecule has 4 heteroatoms. The van der Waals surface area contributed by atoms with Gasteiger partial charge in [-0.1, -0.05) is 32.0 Å². The van der Waals surface area contributed by atoms with E-state index in [1.807, 2.05) is 86.8 Å². The summed E-state index contributed by atoms with van der Waals surface area (Å²) in [7, 11) is 0. The predicted molar refractivity (Wildman–Crippen MR) is 103 cm³/mol. The fourth-order valence-corrected chi connectivity index (χ4v) is 2.72. The maximum Gasteiger partial charge on any atom is 0.127 e. The van der Waals surface area contributed by atoms with E-state index in [2.05, 4.69) is 4.98 Å². The first-order chi connectivity index (χ1) is 12.5. The molecule has 136 valence electrons. The molecule has 0 fully saturated rings. The molecule has 26 heavy (non-hydrogen) atoms. The molecule has 3 aromatic rings. The van der Waals surface area contributed by atoms with Gasteiger partial charge in [-0.15, -0.1) is 0 Å². The Balaban J connectivity index is 1.52. The van der Waals surface area contributed by atoms with E-state index in [0.29, 0.717) is 5.75 Å². The van der Waals surface area contributed by atoms with Crippen molar-refractivity contribution in [1.82, 2.24) is 4.98 Å². The number of aromatic amines is 1. The fourth-order valence-electron chi connectivity index (χ4n) is 2.72. The van der Waals surface area contributed by atoms with Crippen LogP contribution in [0.2, 0.25) is 0 Å². The zero-order valence-electron chi connectivity index (χ0n) is 15.2. The van der Waals surface area contributed by atoms with E-state index in [1.54, 1.807) is 0 Å². The van der Waals surface area contributed by atoms with Crippen LogP contribution in [0.3, 0.4) is 0 Å². The maximum atomic E-state index is 10.5. The maximum absolute atomic E-state index is 10.5. The number of aromatic nitrogens is 1. The highest BCUT2D eigenvalue weighted by Crippen LogP contribution is 2.27. The van der Waals surface area contributed by atoms with Crippen LogP contribution in [0.4, 0.5) is 0 Å². The number of hydrogen-bond donors (Lipinski definition) is 2. The van der Waals surface area contributed by atoms with Crippen LogP contribution in [0, 0.1) is 5.41 Å². The third kappa shape index (κ3) is 4.90. The van der Waals surface area contributed by atoms with Crippen molar-refractivity contribution < 1.29 is 14.6 Å². The van der Waals surface area contributed by atoms with Gasteiger partial charge in [0.2, 0.25) is 0 Å². The zero-order valence-corrected chi connectivity index (χ0v) is 15.2. The van der Waals surface area contributed by atoms with Crippen LogP contribution in [0.15, 0.2) is 72.9 Å². The minimum absolute atomic E-state index is 0.243. The average molecular weight is 351 g/mol. The number of benzene rings is 2. The van der Waals surface area contributed by atoms with Gasteiger partial charge < -0.3 is 19.6 Å². The lowest BCUT2D eigenvalue weighted by molar-refractivity contribution is 0.0114. The first-order valence-electron chi connectivity index (χ1n) is 8.79. The molecule has 3 rings (SSSR count). The molecule has 0 aliphatic carbocycles. The summed E-state index contributed by atoms with van der Waals surface area (Å²) in [6, 6.07) is 21.1. The van der Waals surface area contributed by atoms with Crippen LogP contribution >= 0.6 is 0 Å². The van der Waals surface area contributed by atoms with E-state index < -0.39 is 6.10 Å². The third-order valence-electron chi connectivity index (χ3n) is 4.42. The molecule has 0 bridgehead atoms. The molecule has 2 N–H and O–H groups in total. The number of nitrogens with one attached hydrogen (secondary N) is 1. The van der Waals surface area contributed by atoms with Crippen LogP contribution in [-0.4, -0.2) is 22.8 Å². The molecule has 0 spiro atoms. The second-order valence-corrected chi connectivity index (χ2v) is 7.07. The fraction of sp³-hybridized carbons (Fsp3) is 0.273. The molecular weight excluding hydrogens is 326 g/mol. The van der Waals surface area contributed by atoms with E-state index in [4.69, 9.17) is 9.47 Å². The number of hydrogen-bond acceptors (Lipinski definition) is 3. The van der Waals surface area contributed by atoms with Crippen molar-refractivity contribution in [2.24, 2.45) is 5.41 Å². The topological polar surface area (TPSA) is 54.5 Å². The SMILES string of the molecule is CC(C)(Cc1ccc[nH]1)C(O)COc1ccc(Oc2ccccc2)cc1. The van der Waals surface area contributed by atoms with Crippen LogP contribution in [0.5, 0.6) is 17.2 Å². The highest BCUT2D eigenvalue weighted by atomic mass is 16.5. The van der Waals surface area contributed by atoms with Crippen molar-refractivity contribution in [2.75, 3.05) is 6.61 Å².